The van der Waals surface area contributed by atoms with Crippen LogP contribution in [0, 0.1) is 0 Å². The van der Waals surface area contributed by atoms with Crippen LogP contribution in [0.1, 0.15) is 18.9 Å². The van der Waals surface area contributed by atoms with Crippen LogP contribution in [0.3, 0.4) is 0 Å². The molecule has 0 saturated heterocycles. The standard InChI is InChI=1S/C38H23BN4O2/c1-7-18-28-20(10-1)30-33-35-40(22-12-3-5-14-24(22)42(35)37(30)44-28)26-16-9-17-27-32(26)39(33)34-31-21-11-2-8-19-29(21)45-38(31)43-25-15-6-4-13-23(25)41(27)36(34)43/h1-8,10-16,18-19,27,32H,9,17H2. The molecule has 0 bridgehead atoms. The predicted octanol–water partition coefficient (Wildman–Crippen LogP) is 8.08. The molecule has 2 atom stereocenters. The molecule has 0 saturated carbocycles. The number of benzene rings is 4. The Morgan fingerprint density at radius 3 is 1.87 bits per heavy atom. The third kappa shape index (κ3) is 2.20. The minimum atomic E-state index is 0.136. The lowest BCUT2D eigenvalue weighted by Crippen LogP contribution is -2.55. The largest absolute Gasteiger partial charge is 0.439 e. The van der Waals surface area contributed by atoms with Crippen molar-refractivity contribution in [1.82, 2.24) is 17.9 Å². The van der Waals surface area contributed by atoms with Gasteiger partial charge in [0, 0.05) is 39.1 Å². The highest BCUT2D eigenvalue weighted by Crippen LogP contribution is 2.54. The first-order valence-corrected chi connectivity index (χ1v) is 16.0. The first-order valence-electron chi connectivity index (χ1n) is 16.0. The van der Waals surface area contributed by atoms with Crippen LogP contribution in [0.2, 0.25) is 5.82 Å². The van der Waals surface area contributed by atoms with E-state index in [2.05, 4.69) is 121 Å². The Balaban J connectivity index is 1.35. The molecule has 10 aromatic rings. The van der Waals surface area contributed by atoms with E-state index in [-0.39, 0.29) is 12.5 Å². The summed E-state index contributed by atoms with van der Waals surface area (Å²) >= 11 is 0. The zero-order valence-electron chi connectivity index (χ0n) is 24.1. The molecule has 7 heteroatoms. The van der Waals surface area contributed by atoms with Gasteiger partial charge in [0.15, 0.2) is 0 Å². The maximum Gasteiger partial charge on any atom is 0.232 e. The maximum absolute atomic E-state index is 6.81. The summed E-state index contributed by atoms with van der Waals surface area (Å²) in [7, 11) is 0. The quantitative estimate of drug-likeness (QED) is 0.171. The van der Waals surface area contributed by atoms with E-state index in [0.717, 1.165) is 35.4 Å². The van der Waals surface area contributed by atoms with Gasteiger partial charge in [-0.15, -0.1) is 0 Å². The smallest absolute Gasteiger partial charge is 0.232 e. The molecule has 45 heavy (non-hydrogen) atoms. The van der Waals surface area contributed by atoms with E-state index < -0.39 is 0 Å². The average molecular weight is 578 g/mol. The molecule has 2 unspecified atom stereocenters. The Hall–Kier alpha value is -5.56. The van der Waals surface area contributed by atoms with E-state index in [1.807, 2.05) is 0 Å². The van der Waals surface area contributed by atoms with Crippen molar-refractivity contribution in [3.8, 4) is 0 Å². The lowest BCUT2D eigenvalue weighted by Gasteiger charge is -2.44. The average Bonchev–Trinajstić information content (AvgIpc) is 3.90. The highest BCUT2D eigenvalue weighted by Gasteiger charge is 2.53. The summed E-state index contributed by atoms with van der Waals surface area (Å²) < 4.78 is 23.7. The number of aromatic nitrogens is 4. The third-order valence-electron chi connectivity index (χ3n) is 11.3. The van der Waals surface area contributed by atoms with Gasteiger partial charge in [-0.3, -0.25) is 13.4 Å². The second-order valence-electron chi connectivity index (χ2n) is 13.2. The zero-order valence-corrected chi connectivity index (χ0v) is 24.1. The van der Waals surface area contributed by atoms with Crippen LogP contribution in [-0.2, 0) is 0 Å². The first-order chi connectivity index (χ1) is 22.4. The van der Waals surface area contributed by atoms with Crippen molar-refractivity contribution in [1.29, 1.82) is 0 Å². The summed E-state index contributed by atoms with van der Waals surface area (Å²) in [5, 5.41) is 4.88. The minimum Gasteiger partial charge on any atom is -0.439 e. The van der Waals surface area contributed by atoms with Crippen molar-refractivity contribution < 1.29 is 8.83 Å². The van der Waals surface area contributed by atoms with E-state index in [9.17, 15) is 0 Å². The summed E-state index contributed by atoms with van der Waals surface area (Å²) in [6.45, 7) is 0.136. The molecule has 0 fully saturated rings. The number of hydrogen-bond acceptors (Lipinski definition) is 2. The fraction of sp³-hybridized carbons (Fsp3) is 0.105. The number of fused-ring (bicyclic) bond motifs is 20. The molecule has 13 rings (SSSR count). The van der Waals surface area contributed by atoms with Crippen LogP contribution in [-0.4, -0.2) is 24.6 Å². The number of rotatable bonds is 0. The van der Waals surface area contributed by atoms with Gasteiger partial charge in [0.25, 0.3) is 0 Å². The highest BCUT2D eigenvalue weighted by atomic mass is 16.3. The molecule has 0 radical (unpaired) electrons. The van der Waals surface area contributed by atoms with Gasteiger partial charge in [-0.05, 0) is 60.2 Å². The van der Waals surface area contributed by atoms with Crippen LogP contribution in [0.15, 0.2) is 112 Å². The van der Waals surface area contributed by atoms with Crippen LogP contribution in [0.5, 0.6) is 0 Å². The van der Waals surface area contributed by atoms with Crippen LogP contribution in [0.4, 0.5) is 0 Å². The van der Waals surface area contributed by atoms with E-state index in [0.29, 0.717) is 6.04 Å². The number of allylic oxidation sites excluding steroid dienone is 2. The topological polar surface area (TPSA) is 45.0 Å². The van der Waals surface area contributed by atoms with E-state index in [1.54, 1.807) is 0 Å². The van der Waals surface area contributed by atoms with Gasteiger partial charge in [-0.2, -0.15) is 0 Å². The molecule has 1 aliphatic carbocycles. The minimum absolute atomic E-state index is 0.136. The second kappa shape index (κ2) is 7.05. The summed E-state index contributed by atoms with van der Waals surface area (Å²) in [5.41, 5.74) is 15.4. The normalized spacial score (nSPS) is 19.0. The van der Waals surface area contributed by atoms with Gasteiger partial charge in [0.05, 0.1) is 22.1 Å². The van der Waals surface area contributed by atoms with Gasteiger partial charge in [0.1, 0.15) is 22.5 Å². The monoisotopic (exact) mass is 578 g/mol. The zero-order chi connectivity index (χ0) is 28.7. The summed E-state index contributed by atoms with van der Waals surface area (Å²) in [4.78, 5) is 0. The number of hydrogen-bond donors (Lipinski definition) is 0. The van der Waals surface area contributed by atoms with Crippen molar-refractivity contribution >= 4 is 101 Å². The van der Waals surface area contributed by atoms with E-state index in [4.69, 9.17) is 8.83 Å². The van der Waals surface area contributed by atoms with Gasteiger partial charge in [0.2, 0.25) is 18.1 Å². The molecule has 6 nitrogen and oxygen atoms in total. The number of para-hydroxylation sites is 6. The Kier molecular flexibility index (Phi) is 3.45. The summed E-state index contributed by atoms with van der Waals surface area (Å²) in [5.74, 6) is 0.261. The Morgan fingerprint density at radius 1 is 0.600 bits per heavy atom. The first kappa shape index (κ1) is 22.0. The van der Waals surface area contributed by atoms with Crippen molar-refractivity contribution in [3.05, 3.63) is 103 Å². The number of nitrogens with zero attached hydrogens (tertiary/aromatic N) is 4. The molecule has 210 valence electrons. The molecule has 0 N–H and O–H groups in total. The van der Waals surface area contributed by atoms with Crippen LogP contribution in [0.25, 0.3) is 83.2 Å². The molecule has 0 spiro atoms. The van der Waals surface area contributed by atoms with Crippen LogP contribution >= 0.6 is 0 Å². The second-order valence-corrected chi connectivity index (χ2v) is 13.2. The predicted molar refractivity (Wildman–Crippen MR) is 182 cm³/mol. The van der Waals surface area contributed by atoms with Crippen LogP contribution < -0.4 is 10.9 Å². The highest BCUT2D eigenvalue weighted by molar-refractivity contribution is 6.95. The lowest BCUT2D eigenvalue weighted by atomic mass is 9.29. The van der Waals surface area contributed by atoms with Gasteiger partial charge >= 0.3 is 0 Å². The van der Waals surface area contributed by atoms with E-state index >= 15 is 0 Å². The Morgan fingerprint density at radius 2 is 1.16 bits per heavy atom. The molecular formula is C38H23BN4O2. The fourth-order valence-corrected chi connectivity index (χ4v) is 9.92. The van der Waals surface area contributed by atoms with E-state index in [1.165, 1.54) is 71.5 Å². The lowest BCUT2D eigenvalue weighted by molar-refractivity contribution is 0.476. The third-order valence-corrected chi connectivity index (χ3v) is 11.3. The summed E-state index contributed by atoms with van der Waals surface area (Å²) in [6, 6.07) is 35.2. The van der Waals surface area contributed by atoms with Crippen molar-refractivity contribution in [3.63, 3.8) is 0 Å². The van der Waals surface area contributed by atoms with Gasteiger partial charge in [-0.25, -0.2) is 0 Å². The van der Waals surface area contributed by atoms with Gasteiger partial charge < -0.3 is 13.4 Å². The molecule has 6 aromatic heterocycles. The molecule has 8 heterocycles. The van der Waals surface area contributed by atoms with Crippen molar-refractivity contribution in [2.45, 2.75) is 24.7 Å². The molecular weight excluding hydrogens is 555 g/mol. The summed E-state index contributed by atoms with van der Waals surface area (Å²) in [6.07, 6.45) is 4.68. The van der Waals surface area contributed by atoms with Crippen molar-refractivity contribution in [2.75, 3.05) is 0 Å². The molecule has 3 aliphatic rings. The SMILES string of the molecule is C1=C2C3B(c4c5c6ccccc6oc5n5c6ccccc6n2c45)c2c4c5ccccc5oc4n4c5ccccc5n(c24)C3CC1. The Bertz CT molecular complexity index is 3030. The van der Waals surface area contributed by atoms with Gasteiger partial charge in [-0.1, -0.05) is 66.7 Å². The molecule has 4 aromatic carbocycles. The molecule has 2 aliphatic heterocycles. The van der Waals surface area contributed by atoms with Crippen molar-refractivity contribution in [2.24, 2.45) is 0 Å². The molecule has 0 amide bonds. The number of imidazole rings is 2. The maximum atomic E-state index is 6.81. The fourth-order valence-electron chi connectivity index (χ4n) is 9.92. The number of furan rings is 2. The Labute approximate surface area is 255 Å².